The van der Waals surface area contributed by atoms with Crippen molar-refractivity contribution in [1.29, 1.82) is 0 Å². The van der Waals surface area contributed by atoms with Crippen molar-refractivity contribution in [3.05, 3.63) is 65.6 Å². The Hall–Kier alpha value is -2.95. The van der Waals surface area contributed by atoms with Gasteiger partial charge in [-0.3, -0.25) is 4.98 Å². The number of thioether (sulfide) groups is 1. The van der Waals surface area contributed by atoms with Crippen molar-refractivity contribution in [3.63, 3.8) is 0 Å². The summed E-state index contributed by atoms with van der Waals surface area (Å²) < 4.78 is 43.2. The standard InChI is InChI=1S/C22H17ClF3N5OS/c1-2-32-12-18-30-20(28-13-5-7-14(8-6-13)33-22(24,25)26)15-9-10-17(29-21(15)31-18)19-16(23)4-3-11-27-19/h3-11H,2,12H2,1H3,(H,28,29,30,31). The summed E-state index contributed by atoms with van der Waals surface area (Å²) in [6, 6.07) is 12.9. The molecule has 0 saturated carbocycles. The number of rotatable bonds is 7. The first kappa shape index (κ1) is 23.2. The Morgan fingerprint density at radius 3 is 2.52 bits per heavy atom. The van der Waals surface area contributed by atoms with E-state index in [9.17, 15) is 13.2 Å². The summed E-state index contributed by atoms with van der Waals surface area (Å²) in [6.45, 7) is 2.53. The van der Waals surface area contributed by atoms with E-state index in [2.05, 4.69) is 25.3 Å². The van der Waals surface area contributed by atoms with Gasteiger partial charge < -0.3 is 10.1 Å². The average molecular weight is 492 g/mol. The fourth-order valence-corrected chi connectivity index (χ4v) is 3.75. The Morgan fingerprint density at radius 2 is 1.82 bits per heavy atom. The number of ether oxygens (including phenoxy) is 1. The third-order valence-electron chi connectivity index (χ3n) is 4.39. The predicted molar refractivity (Wildman–Crippen MR) is 123 cm³/mol. The molecule has 33 heavy (non-hydrogen) atoms. The number of anilines is 2. The smallest absolute Gasteiger partial charge is 0.374 e. The summed E-state index contributed by atoms with van der Waals surface area (Å²) in [5.41, 5.74) is -2.29. The molecule has 0 bridgehead atoms. The van der Waals surface area contributed by atoms with Crippen LogP contribution < -0.4 is 5.32 Å². The Balaban J connectivity index is 1.71. The average Bonchev–Trinajstić information content (AvgIpc) is 2.78. The van der Waals surface area contributed by atoms with Crippen LogP contribution in [0.1, 0.15) is 12.7 Å². The van der Waals surface area contributed by atoms with E-state index in [1.54, 1.807) is 42.6 Å². The van der Waals surface area contributed by atoms with Gasteiger partial charge in [0.05, 0.1) is 16.1 Å². The van der Waals surface area contributed by atoms with Gasteiger partial charge in [-0.1, -0.05) is 11.6 Å². The van der Waals surface area contributed by atoms with Crippen LogP contribution in [0.15, 0.2) is 59.6 Å². The Morgan fingerprint density at radius 1 is 1.03 bits per heavy atom. The molecule has 0 unspecified atom stereocenters. The van der Waals surface area contributed by atoms with Gasteiger partial charge in [0.1, 0.15) is 18.1 Å². The highest BCUT2D eigenvalue weighted by molar-refractivity contribution is 8.00. The van der Waals surface area contributed by atoms with E-state index in [0.717, 1.165) is 0 Å². The molecule has 4 rings (SSSR count). The molecule has 6 nitrogen and oxygen atoms in total. The van der Waals surface area contributed by atoms with Gasteiger partial charge in [0.15, 0.2) is 11.5 Å². The van der Waals surface area contributed by atoms with Gasteiger partial charge in [0, 0.05) is 23.4 Å². The highest BCUT2D eigenvalue weighted by atomic mass is 35.5. The second kappa shape index (κ2) is 9.90. The molecule has 4 aromatic rings. The minimum absolute atomic E-state index is 0.0937. The second-order valence-corrected chi connectivity index (χ2v) is 8.27. The van der Waals surface area contributed by atoms with Gasteiger partial charge in [-0.05, 0) is 67.2 Å². The van der Waals surface area contributed by atoms with Crippen molar-refractivity contribution in [1.82, 2.24) is 19.9 Å². The number of hydrogen-bond donors (Lipinski definition) is 1. The van der Waals surface area contributed by atoms with Crippen LogP contribution >= 0.6 is 23.4 Å². The van der Waals surface area contributed by atoms with Crippen molar-refractivity contribution in [3.8, 4) is 11.4 Å². The number of alkyl halides is 3. The number of halogens is 4. The zero-order valence-corrected chi connectivity index (χ0v) is 18.8. The molecule has 0 fully saturated rings. The first-order chi connectivity index (χ1) is 15.8. The molecule has 0 amide bonds. The number of pyridine rings is 2. The summed E-state index contributed by atoms with van der Waals surface area (Å²) >= 11 is 6.10. The number of nitrogens with zero attached hydrogens (tertiary/aromatic N) is 4. The zero-order valence-electron chi connectivity index (χ0n) is 17.2. The maximum absolute atomic E-state index is 12.6. The van der Waals surface area contributed by atoms with Crippen LogP contribution in [0.5, 0.6) is 0 Å². The number of fused-ring (bicyclic) bond motifs is 1. The first-order valence-electron chi connectivity index (χ1n) is 9.81. The lowest BCUT2D eigenvalue weighted by Crippen LogP contribution is -2.05. The molecule has 0 atom stereocenters. The maximum atomic E-state index is 12.6. The van der Waals surface area contributed by atoms with E-state index in [4.69, 9.17) is 16.3 Å². The van der Waals surface area contributed by atoms with Crippen LogP contribution in [0, 0.1) is 0 Å². The minimum Gasteiger partial charge on any atom is -0.374 e. The van der Waals surface area contributed by atoms with E-state index >= 15 is 0 Å². The van der Waals surface area contributed by atoms with Crippen LogP contribution in [0.4, 0.5) is 24.7 Å². The van der Waals surface area contributed by atoms with E-state index in [0.29, 0.717) is 51.4 Å². The third kappa shape index (κ3) is 5.89. The minimum atomic E-state index is -4.34. The fraction of sp³-hybridized carbons (Fsp3) is 0.182. The molecule has 3 aromatic heterocycles. The predicted octanol–water partition coefficient (Wildman–Crippen LogP) is 6.63. The lowest BCUT2D eigenvalue weighted by Gasteiger charge is -2.12. The molecular weight excluding hydrogens is 475 g/mol. The monoisotopic (exact) mass is 491 g/mol. The Bertz CT molecular complexity index is 1270. The molecule has 1 aromatic carbocycles. The Kier molecular flexibility index (Phi) is 6.96. The molecule has 3 heterocycles. The van der Waals surface area contributed by atoms with Crippen LogP contribution in [0.2, 0.25) is 5.02 Å². The molecule has 0 radical (unpaired) electrons. The fourth-order valence-electron chi connectivity index (χ4n) is 2.99. The molecule has 0 aliphatic rings. The first-order valence-corrected chi connectivity index (χ1v) is 11.0. The van der Waals surface area contributed by atoms with E-state index in [-0.39, 0.29) is 23.3 Å². The molecular formula is C22H17ClF3N5OS. The number of nitrogens with one attached hydrogen (secondary N) is 1. The number of hydrogen-bond acceptors (Lipinski definition) is 7. The summed E-state index contributed by atoms with van der Waals surface area (Å²) in [7, 11) is 0. The van der Waals surface area contributed by atoms with Gasteiger partial charge in [-0.25, -0.2) is 15.0 Å². The van der Waals surface area contributed by atoms with Crippen LogP contribution in [0.3, 0.4) is 0 Å². The Labute approximate surface area is 196 Å². The zero-order chi connectivity index (χ0) is 23.4. The molecule has 0 spiro atoms. The second-order valence-electron chi connectivity index (χ2n) is 6.72. The van der Waals surface area contributed by atoms with Crippen LogP contribution in [0.25, 0.3) is 22.4 Å². The molecule has 0 aliphatic heterocycles. The van der Waals surface area contributed by atoms with Crippen molar-refractivity contribution in [2.75, 3.05) is 11.9 Å². The van der Waals surface area contributed by atoms with E-state index < -0.39 is 5.51 Å². The van der Waals surface area contributed by atoms with Crippen molar-refractivity contribution in [2.45, 2.75) is 23.9 Å². The molecule has 0 aliphatic carbocycles. The molecule has 11 heteroatoms. The number of aromatic nitrogens is 4. The maximum Gasteiger partial charge on any atom is 0.446 e. The topological polar surface area (TPSA) is 72.8 Å². The van der Waals surface area contributed by atoms with Gasteiger partial charge >= 0.3 is 5.51 Å². The van der Waals surface area contributed by atoms with Gasteiger partial charge in [-0.15, -0.1) is 0 Å². The van der Waals surface area contributed by atoms with Gasteiger partial charge in [0.2, 0.25) is 0 Å². The number of benzene rings is 1. The summed E-state index contributed by atoms with van der Waals surface area (Å²) in [5.74, 6) is 0.866. The van der Waals surface area contributed by atoms with Gasteiger partial charge in [-0.2, -0.15) is 13.2 Å². The third-order valence-corrected chi connectivity index (χ3v) is 5.44. The summed E-state index contributed by atoms with van der Waals surface area (Å²) in [5, 5.41) is 4.23. The highest BCUT2D eigenvalue weighted by Crippen LogP contribution is 2.37. The molecule has 1 N–H and O–H groups in total. The van der Waals surface area contributed by atoms with E-state index in [1.807, 2.05) is 6.92 Å². The lowest BCUT2D eigenvalue weighted by atomic mass is 10.2. The summed E-state index contributed by atoms with van der Waals surface area (Å²) in [4.78, 5) is 18.0. The van der Waals surface area contributed by atoms with Gasteiger partial charge in [0.25, 0.3) is 0 Å². The SMILES string of the molecule is CCOCc1nc(Nc2ccc(SC(F)(F)F)cc2)c2ccc(-c3ncccc3Cl)nc2n1. The van der Waals surface area contributed by atoms with Crippen molar-refractivity contribution < 1.29 is 17.9 Å². The normalized spacial score (nSPS) is 11.7. The largest absolute Gasteiger partial charge is 0.446 e. The van der Waals surface area contributed by atoms with Crippen molar-refractivity contribution in [2.24, 2.45) is 0 Å². The summed E-state index contributed by atoms with van der Waals surface area (Å²) in [6.07, 6.45) is 1.63. The van der Waals surface area contributed by atoms with Crippen LogP contribution in [-0.2, 0) is 11.3 Å². The quantitative estimate of drug-likeness (QED) is 0.291. The lowest BCUT2D eigenvalue weighted by molar-refractivity contribution is -0.0328. The van der Waals surface area contributed by atoms with E-state index in [1.165, 1.54) is 12.1 Å². The molecule has 170 valence electrons. The highest BCUT2D eigenvalue weighted by Gasteiger charge is 2.29. The van der Waals surface area contributed by atoms with Crippen LogP contribution in [-0.4, -0.2) is 32.1 Å². The molecule has 0 saturated heterocycles. The van der Waals surface area contributed by atoms with Crippen molar-refractivity contribution >= 4 is 45.9 Å².